The second-order valence-corrected chi connectivity index (χ2v) is 12.3. The van der Waals surface area contributed by atoms with Crippen LogP contribution in [0.2, 0.25) is 0 Å². The third-order valence-corrected chi connectivity index (χ3v) is 10.9. The summed E-state index contributed by atoms with van der Waals surface area (Å²) in [5, 5.41) is 23.4. The molecular weight excluding hydrogens is 463 g/mol. The molecule has 2 N–H and O–H groups in total. The number of aliphatic hydroxyl groups excluding tert-OH is 1. The number of carbonyl (C=O) groups is 3. The summed E-state index contributed by atoms with van der Waals surface area (Å²) in [4.78, 5) is 38.1. The van der Waals surface area contributed by atoms with Crippen LogP contribution in [0.1, 0.15) is 76.1 Å². The van der Waals surface area contributed by atoms with Crippen LogP contribution in [0.4, 0.5) is 4.39 Å². The average Bonchev–Trinajstić information content (AvgIpc) is 3.05. The Labute approximate surface area is 211 Å². The maximum absolute atomic E-state index is 17.3. The molecule has 0 saturated heterocycles. The molecule has 0 heterocycles. The number of fused-ring (bicyclic) bond motifs is 5. The minimum absolute atomic E-state index is 0.0554. The molecule has 1 aromatic rings. The van der Waals surface area contributed by atoms with Gasteiger partial charge in [0.15, 0.2) is 6.61 Å². The molecule has 4 saturated carbocycles. The zero-order chi connectivity index (χ0) is 26.1. The Balaban J connectivity index is 1.42. The van der Waals surface area contributed by atoms with Gasteiger partial charge in [-0.1, -0.05) is 39.0 Å². The Morgan fingerprint density at radius 3 is 2.50 bits per heavy atom. The molecule has 1 aromatic carbocycles. The van der Waals surface area contributed by atoms with E-state index >= 15 is 4.39 Å². The molecule has 4 aliphatic carbocycles. The average molecular weight is 501 g/mol. The molecule has 6 nitrogen and oxygen atoms in total. The second kappa shape index (κ2) is 8.45. The van der Waals surface area contributed by atoms with E-state index in [4.69, 9.17) is 4.74 Å². The van der Waals surface area contributed by atoms with E-state index in [9.17, 15) is 24.6 Å². The molecule has 0 bridgehead atoms. The maximum atomic E-state index is 17.3. The van der Waals surface area contributed by atoms with Crippen LogP contribution in [0.25, 0.3) is 0 Å². The molecule has 3 unspecified atom stereocenters. The molecular formula is C29H37FO6. The number of aliphatic hydroxyl groups is 2. The number of ketones is 2. The quantitative estimate of drug-likeness (QED) is 0.605. The van der Waals surface area contributed by atoms with Gasteiger partial charge >= 0.3 is 5.97 Å². The predicted molar refractivity (Wildman–Crippen MR) is 130 cm³/mol. The monoisotopic (exact) mass is 500 g/mol. The van der Waals surface area contributed by atoms with E-state index in [0.717, 1.165) is 0 Å². The fourth-order valence-corrected chi connectivity index (χ4v) is 8.88. The Morgan fingerprint density at radius 2 is 1.81 bits per heavy atom. The van der Waals surface area contributed by atoms with E-state index in [1.165, 1.54) is 0 Å². The highest BCUT2D eigenvalue weighted by molar-refractivity contribution is 5.94. The molecule has 4 aliphatic rings. The highest BCUT2D eigenvalue weighted by atomic mass is 19.1. The molecule has 5 rings (SSSR count). The van der Waals surface area contributed by atoms with Crippen LogP contribution in [-0.2, 0) is 14.3 Å². The third-order valence-electron chi connectivity index (χ3n) is 10.9. The molecule has 36 heavy (non-hydrogen) atoms. The summed E-state index contributed by atoms with van der Waals surface area (Å²) >= 11 is 0. The molecule has 0 aliphatic heterocycles. The topological polar surface area (TPSA) is 101 Å². The number of alkyl halides is 1. The van der Waals surface area contributed by atoms with E-state index < -0.39 is 58.4 Å². The lowest BCUT2D eigenvalue weighted by molar-refractivity contribution is -0.254. The molecule has 9 atom stereocenters. The minimum atomic E-state index is -1.88. The van der Waals surface area contributed by atoms with Gasteiger partial charge in [-0.3, -0.25) is 9.59 Å². The molecule has 0 spiro atoms. The summed E-state index contributed by atoms with van der Waals surface area (Å²) in [7, 11) is 0. The Hall–Kier alpha value is -2.12. The van der Waals surface area contributed by atoms with Gasteiger partial charge in [-0.25, -0.2) is 9.18 Å². The van der Waals surface area contributed by atoms with Gasteiger partial charge in [0, 0.05) is 23.7 Å². The van der Waals surface area contributed by atoms with Crippen molar-refractivity contribution in [2.24, 2.45) is 34.5 Å². The predicted octanol–water partition coefficient (Wildman–Crippen LogP) is 4.06. The van der Waals surface area contributed by atoms with Gasteiger partial charge in [-0.05, 0) is 67.9 Å². The Morgan fingerprint density at radius 1 is 1.11 bits per heavy atom. The lowest BCUT2D eigenvalue weighted by atomic mass is 9.42. The van der Waals surface area contributed by atoms with E-state index in [1.807, 2.05) is 6.92 Å². The van der Waals surface area contributed by atoms with Gasteiger partial charge in [-0.15, -0.1) is 0 Å². The number of ether oxygens (including phenoxy) is 1. The van der Waals surface area contributed by atoms with Crippen LogP contribution < -0.4 is 0 Å². The van der Waals surface area contributed by atoms with Gasteiger partial charge in [0.05, 0.1) is 11.7 Å². The number of hydrogen-bond acceptors (Lipinski definition) is 6. The number of benzene rings is 1. The van der Waals surface area contributed by atoms with Crippen molar-refractivity contribution in [2.45, 2.75) is 83.1 Å². The molecule has 4 fully saturated rings. The maximum Gasteiger partial charge on any atom is 0.338 e. The smallest absolute Gasteiger partial charge is 0.338 e. The van der Waals surface area contributed by atoms with Gasteiger partial charge in [0.25, 0.3) is 0 Å². The summed E-state index contributed by atoms with van der Waals surface area (Å²) in [5.74, 6) is -2.50. The zero-order valence-electron chi connectivity index (χ0n) is 21.3. The van der Waals surface area contributed by atoms with Crippen LogP contribution >= 0.6 is 0 Å². The molecule has 0 amide bonds. The normalized spacial score (nSPS) is 45.8. The zero-order valence-corrected chi connectivity index (χ0v) is 21.3. The largest absolute Gasteiger partial charge is 0.454 e. The summed E-state index contributed by atoms with van der Waals surface area (Å²) in [6.45, 7) is 4.89. The first-order valence-corrected chi connectivity index (χ1v) is 13.3. The number of hydrogen-bond donors (Lipinski definition) is 2. The van der Waals surface area contributed by atoms with Gasteiger partial charge < -0.3 is 14.9 Å². The number of esters is 1. The van der Waals surface area contributed by atoms with Crippen molar-refractivity contribution in [3.05, 3.63) is 35.9 Å². The minimum Gasteiger partial charge on any atom is -0.454 e. The van der Waals surface area contributed by atoms with Crippen molar-refractivity contribution in [1.82, 2.24) is 0 Å². The molecule has 0 radical (unpaired) electrons. The van der Waals surface area contributed by atoms with Crippen molar-refractivity contribution < 1.29 is 33.7 Å². The first-order chi connectivity index (χ1) is 16.9. The van der Waals surface area contributed by atoms with Crippen molar-refractivity contribution in [2.75, 3.05) is 6.61 Å². The summed E-state index contributed by atoms with van der Waals surface area (Å²) in [6.07, 6.45) is 1.35. The third kappa shape index (κ3) is 3.24. The van der Waals surface area contributed by atoms with E-state index in [0.29, 0.717) is 44.1 Å². The number of carbonyl (C=O) groups excluding carboxylic acids is 3. The summed E-state index contributed by atoms with van der Waals surface area (Å²) < 4.78 is 22.6. The van der Waals surface area contributed by atoms with Crippen molar-refractivity contribution in [3.8, 4) is 0 Å². The van der Waals surface area contributed by atoms with E-state index in [-0.39, 0.29) is 24.0 Å². The fraction of sp³-hybridized carbons (Fsp3) is 0.690. The first kappa shape index (κ1) is 25.5. The Bertz CT molecular complexity index is 1070. The lowest BCUT2D eigenvalue weighted by Gasteiger charge is -2.65. The highest BCUT2D eigenvalue weighted by Gasteiger charge is 2.76. The van der Waals surface area contributed by atoms with Gasteiger partial charge in [0.1, 0.15) is 17.1 Å². The molecule has 196 valence electrons. The SMILES string of the molecule is CC1C[C@H]2[C@@H]3CCC4CC(=O)CC[C@]4(C)[C@@]3(F)C(O)C[C@]2(C)[C@@]1(O)C(=O)COC(=O)c1ccccc1. The van der Waals surface area contributed by atoms with Crippen molar-refractivity contribution >= 4 is 17.5 Å². The first-order valence-electron chi connectivity index (χ1n) is 13.3. The van der Waals surface area contributed by atoms with E-state index in [1.54, 1.807) is 44.2 Å². The summed E-state index contributed by atoms with van der Waals surface area (Å²) in [5.41, 5.74) is -5.29. The number of halogens is 1. The van der Waals surface area contributed by atoms with Crippen molar-refractivity contribution in [1.29, 1.82) is 0 Å². The Kier molecular flexibility index (Phi) is 5.99. The van der Waals surface area contributed by atoms with Crippen molar-refractivity contribution in [3.63, 3.8) is 0 Å². The summed E-state index contributed by atoms with van der Waals surface area (Å²) in [6, 6.07) is 8.34. The molecule has 7 heteroatoms. The van der Waals surface area contributed by atoms with Crippen LogP contribution in [-0.4, -0.2) is 51.7 Å². The molecule has 0 aromatic heterocycles. The van der Waals surface area contributed by atoms with Crippen LogP contribution in [0.15, 0.2) is 30.3 Å². The number of Topliss-reactive ketones (excluding diaryl/α,β-unsaturated/α-hetero) is 2. The van der Waals surface area contributed by atoms with Crippen LogP contribution in [0.5, 0.6) is 0 Å². The van der Waals surface area contributed by atoms with Crippen LogP contribution in [0, 0.1) is 34.5 Å². The standard InChI is InChI=1S/C29H37FO6/c1-17-13-22-21-10-9-19-14-20(31)11-12-26(19,2)28(21,30)23(32)15-27(22,3)29(17,35)24(33)16-36-25(34)18-7-5-4-6-8-18/h4-8,17,19,21-23,32,35H,9-16H2,1-3H3/t17?,19?,21-,22-,23?,26-,27-,28-,29-/m0/s1. The number of rotatable bonds is 4. The fourth-order valence-electron chi connectivity index (χ4n) is 8.88. The van der Waals surface area contributed by atoms with Gasteiger partial charge in [0.2, 0.25) is 5.78 Å². The van der Waals surface area contributed by atoms with E-state index in [2.05, 4.69) is 0 Å². The van der Waals surface area contributed by atoms with Gasteiger partial charge in [-0.2, -0.15) is 0 Å². The highest BCUT2D eigenvalue weighted by Crippen LogP contribution is 2.71. The second-order valence-electron chi connectivity index (χ2n) is 12.3. The van der Waals surface area contributed by atoms with Crippen LogP contribution in [0.3, 0.4) is 0 Å². The lowest BCUT2D eigenvalue weighted by Crippen LogP contribution is -2.71.